The zero-order chi connectivity index (χ0) is 14.4. The van der Waals surface area contributed by atoms with Crippen LogP contribution in [-0.4, -0.2) is 21.4 Å². The number of rotatable bonds is 6. The number of hydrogen-bond donors (Lipinski definition) is 1. The van der Waals surface area contributed by atoms with E-state index in [9.17, 15) is 10.1 Å². The van der Waals surface area contributed by atoms with E-state index in [1.165, 1.54) is 6.33 Å². The van der Waals surface area contributed by atoms with Gasteiger partial charge in [-0.3, -0.25) is 10.1 Å². The predicted molar refractivity (Wildman–Crippen MR) is 73.9 cm³/mol. The Morgan fingerprint density at radius 1 is 1.35 bits per heavy atom. The van der Waals surface area contributed by atoms with E-state index in [0.29, 0.717) is 12.3 Å². The molecule has 0 amide bonds. The first kappa shape index (κ1) is 13.5. The maximum atomic E-state index is 11.2. The molecule has 0 atom stereocenters. The smallest absolute Gasteiger partial charge is 0.373 e. The fourth-order valence-corrected chi connectivity index (χ4v) is 1.50. The van der Waals surface area contributed by atoms with Crippen LogP contribution in [0.15, 0.2) is 49.3 Å². The lowest BCUT2D eigenvalue weighted by Gasteiger charge is -2.08. The SMILES string of the molecule is C=CCNc1ncnc(Oc2ccccc2)c1[N+](=O)[O-]. The van der Waals surface area contributed by atoms with Crippen LogP contribution in [0.2, 0.25) is 0 Å². The molecule has 0 bridgehead atoms. The lowest BCUT2D eigenvalue weighted by molar-refractivity contribution is -0.385. The Morgan fingerprint density at radius 3 is 2.75 bits per heavy atom. The van der Waals surface area contributed by atoms with Gasteiger partial charge in [0.05, 0.1) is 4.92 Å². The molecule has 0 fully saturated rings. The zero-order valence-electron chi connectivity index (χ0n) is 10.5. The van der Waals surface area contributed by atoms with Crippen LogP contribution < -0.4 is 10.1 Å². The summed E-state index contributed by atoms with van der Waals surface area (Å²) in [5, 5.41) is 14.0. The summed E-state index contributed by atoms with van der Waals surface area (Å²) in [5.41, 5.74) is -0.307. The molecule has 0 aliphatic carbocycles. The number of aromatic nitrogens is 2. The summed E-state index contributed by atoms with van der Waals surface area (Å²) in [5.74, 6) is 0.447. The highest BCUT2D eigenvalue weighted by Crippen LogP contribution is 2.33. The van der Waals surface area contributed by atoms with Gasteiger partial charge in [-0.05, 0) is 12.1 Å². The van der Waals surface area contributed by atoms with E-state index >= 15 is 0 Å². The van der Waals surface area contributed by atoms with Crippen LogP contribution in [-0.2, 0) is 0 Å². The van der Waals surface area contributed by atoms with Gasteiger partial charge in [-0.1, -0.05) is 24.3 Å². The number of nitro groups is 1. The summed E-state index contributed by atoms with van der Waals surface area (Å²) in [4.78, 5) is 18.3. The topological polar surface area (TPSA) is 90.2 Å². The largest absolute Gasteiger partial charge is 0.434 e. The minimum absolute atomic E-state index is 0.0934. The molecule has 0 aliphatic heterocycles. The first-order valence-corrected chi connectivity index (χ1v) is 5.79. The molecule has 2 rings (SSSR count). The van der Waals surface area contributed by atoms with E-state index in [0.717, 1.165) is 0 Å². The van der Waals surface area contributed by atoms with Crippen molar-refractivity contribution in [2.75, 3.05) is 11.9 Å². The molecule has 1 heterocycles. The van der Waals surface area contributed by atoms with Crippen LogP contribution in [0.1, 0.15) is 0 Å². The second-order valence-electron chi connectivity index (χ2n) is 3.72. The van der Waals surface area contributed by atoms with E-state index in [1.54, 1.807) is 30.3 Å². The highest BCUT2D eigenvalue weighted by molar-refractivity contribution is 5.61. The highest BCUT2D eigenvalue weighted by atomic mass is 16.6. The summed E-state index contributed by atoms with van der Waals surface area (Å²) in [6.07, 6.45) is 2.78. The molecule has 0 radical (unpaired) electrons. The van der Waals surface area contributed by atoms with Crippen molar-refractivity contribution in [3.63, 3.8) is 0 Å². The van der Waals surface area contributed by atoms with Crippen LogP contribution in [0.5, 0.6) is 11.6 Å². The number of para-hydroxylation sites is 1. The molecule has 7 nitrogen and oxygen atoms in total. The third kappa shape index (κ3) is 3.08. The van der Waals surface area contributed by atoms with Crippen molar-refractivity contribution in [3.05, 3.63) is 59.4 Å². The lowest BCUT2D eigenvalue weighted by atomic mass is 10.3. The van der Waals surface area contributed by atoms with Crippen LogP contribution in [0.3, 0.4) is 0 Å². The number of nitrogens with one attached hydrogen (secondary N) is 1. The molecule has 0 unspecified atom stereocenters. The first-order valence-electron chi connectivity index (χ1n) is 5.79. The normalized spacial score (nSPS) is 9.80. The molecule has 0 spiro atoms. The molecule has 0 saturated heterocycles. The van der Waals surface area contributed by atoms with Crippen molar-refractivity contribution in [1.82, 2.24) is 9.97 Å². The molecule has 1 aromatic heterocycles. The van der Waals surface area contributed by atoms with Gasteiger partial charge in [-0.15, -0.1) is 6.58 Å². The van der Waals surface area contributed by atoms with Gasteiger partial charge in [0.2, 0.25) is 5.82 Å². The van der Waals surface area contributed by atoms with Gasteiger partial charge in [-0.25, -0.2) is 4.98 Å². The molecule has 102 valence electrons. The molecule has 20 heavy (non-hydrogen) atoms. The van der Waals surface area contributed by atoms with Gasteiger partial charge in [0, 0.05) is 6.54 Å². The Labute approximate surface area is 115 Å². The minimum Gasteiger partial charge on any atom is -0.434 e. The van der Waals surface area contributed by atoms with E-state index in [2.05, 4.69) is 21.9 Å². The maximum absolute atomic E-state index is 11.2. The van der Waals surface area contributed by atoms with Crippen molar-refractivity contribution >= 4 is 11.5 Å². The molecule has 1 N–H and O–H groups in total. The predicted octanol–water partition coefficient (Wildman–Crippen LogP) is 2.78. The van der Waals surface area contributed by atoms with E-state index < -0.39 is 4.92 Å². The van der Waals surface area contributed by atoms with Crippen molar-refractivity contribution < 1.29 is 9.66 Å². The first-order chi connectivity index (χ1) is 9.72. The van der Waals surface area contributed by atoms with Gasteiger partial charge < -0.3 is 10.1 Å². The quantitative estimate of drug-likeness (QED) is 0.494. The highest BCUT2D eigenvalue weighted by Gasteiger charge is 2.24. The summed E-state index contributed by atoms with van der Waals surface area (Å²) in [6, 6.07) is 8.71. The molecular weight excluding hydrogens is 260 g/mol. The second kappa shape index (κ2) is 6.28. The lowest BCUT2D eigenvalue weighted by Crippen LogP contribution is -2.06. The molecular formula is C13H12N4O3. The van der Waals surface area contributed by atoms with E-state index in [-0.39, 0.29) is 17.4 Å². The van der Waals surface area contributed by atoms with Gasteiger partial charge in [0.1, 0.15) is 12.1 Å². The average Bonchev–Trinajstić information content (AvgIpc) is 2.46. The fourth-order valence-electron chi connectivity index (χ4n) is 1.50. The third-order valence-electron chi connectivity index (χ3n) is 2.34. The summed E-state index contributed by atoms with van der Waals surface area (Å²) < 4.78 is 5.43. The summed E-state index contributed by atoms with van der Waals surface area (Å²) in [7, 11) is 0. The average molecular weight is 272 g/mol. The van der Waals surface area contributed by atoms with Crippen LogP contribution >= 0.6 is 0 Å². The Balaban J connectivity index is 2.36. The van der Waals surface area contributed by atoms with Crippen molar-refractivity contribution in [1.29, 1.82) is 0 Å². The number of hydrogen-bond acceptors (Lipinski definition) is 6. The number of benzene rings is 1. The Kier molecular flexibility index (Phi) is 4.23. The zero-order valence-corrected chi connectivity index (χ0v) is 10.5. The maximum Gasteiger partial charge on any atom is 0.373 e. The number of nitrogens with zero attached hydrogens (tertiary/aromatic N) is 3. The molecule has 7 heteroatoms. The van der Waals surface area contributed by atoms with Crippen molar-refractivity contribution in [2.45, 2.75) is 0 Å². The minimum atomic E-state index is -0.580. The summed E-state index contributed by atoms with van der Waals surface area (Å²) in [6.45, 7) is 3.88. The third-order valence-corrected chi connectivity index (χ3v) is 2.34. The Bertz CT molecular complexity index is 616. The fraction of sp³-hybridized carbons (Fsp3) is 0.0769. The Morgan fingerprint density at radius 2 is 2.10 bits per heavy atom. The van der Waals surface area contributed by atoms with Crippen LogP contribution in [0.25, 0.3) is 0 Å². The monoisotopic (exact) mass is 272 g/mol. The summed E-state index contributed by atoms with van der Waals surface area (Å²) >= 11 is 0. The second-order valence-corrected chi connectivity index (χ2v) is 3.72. The van der Waals surface area contributed by atoms with Crippen LogP contribution in [0.4, 0.5) is 11.5 Å². The van der Waals surface area contributed by atoms with E-state index in [1.807, 2.05) is 6.07 Å². The molecule has 1 aromatic carbocycles. The van der Waals surface area contributed by atoms with Crippen molar-refractivity contribution in [3.8, 4) is 11.6 Å². The Hall–Kier alpha value is -2.96. The number of ether oxygens (including phenoxy) is 1. The standard InChI is InChI=1S/C13H12N4O3/c1-2-8-14-12-11(17(18)19)13(16-9-15-12)20-10-6-4-3-5-7-10/h2-7,9H,1,8H2,(H,14,15,16). The molecule has 2 aromatic rings. The van der Waals surface area contributed by atoms with Gasteiger partial charge in [-0.2, -0.15) is 4.98 Å². The van der Waals surface area contributed by atoms with Crippen molar-refractivity contribution in [2.24, 2.45) is 0 Å². The molecule has 0 saturated carbocycles. The van der Waals surface area contributed by atoms with Gasteiger partial charge in [0.15, 0.2) is 0 Å². The van der Waals surface area contributed by atoms with Gasteiger partial charge >= 0.3 is 11.6 Å². The van der Waals surface area contributed by atoms with Gasteiger partial charge in [0.25, 0.3) is 0 Å². The van der Waals surface area contributed by atoms with E-state index in [4.69, 9.17) is 4.74 Å². The van der Waals surface area contributed by atoms with Crippen LogP contribution in [0, 0.1) is 10.1 Å². The number of anilines is 1. The molecule has 0 aliphatic rings.